The van der Waals surface area contributed by atoms with Crippen LogP contribution in [0.15, 0.2) is 15.0 Å². The molecule has 0 aliphatic heterocycles. The predicted molar refractivity (Wildman–Crippen MR) is 48.7 cm³/mol. The van der Waals surface area contributed by atoms with Crippen LogP contribution in [0.1, 0.15) is 10.4 Å². The van der Waals surface area contributed by atoms with E-state index in [-0.39, 0.29) is 8.95 Å². The van der Waals surface area contributed by atoms with Crippen LogP contribution in [0.2, 0.25) is 0 Å². The zero-order valence-corrected chi connectivity index (χ0v) is 9.12. The second-order valence-electron chi connectivity index (χ2n) is 2.15. The Hall–Kier alpha value is -0.490. The topological polar surface area (TPSA) is 37.3 Å². The number of rotatable bonds is 1. The van der Waals surface area contributed by atoms with E-state index in [0.29, 0.717) is 6.07 Å². The van der Waals surface area contributed by atoms with Gasteiger partial charge in [-0.2, -0.15) is 0 Å². The lowest BCUT2D eigenvalue weighted by Crippen LogP contribution is -2.03. The highest BCUT2D eigenvalue weighted by atomic mass is 79.9. The molecule has 1 aromatic carbocycles. The molecule has 0 aromatic heterocycles. The van der Waals surface area contributed by atoms with Gasteiger partial charge >= 0.3 is 5.97 Å². The first-order chi connectivity index (χ1) is 5.95. The molecule has 0 amide bonds. The summed E-state index contributed by atoms with van der Waals surface area (Å²) >= 11 is 5.48. The summed E-state index contributed by atoms with van der Waals surface area (Å²) in [6.07, 6.45) is 0. The van der Waals surface area contributed by atoms with Crippen molar-refractivity contribution >= 4 is 37.8 Å². The quantitative estimate of drug-likeness (QED) is 0.638. The van der Waals surface area contributed by atoms with Gasteiger partial charge in [-0.15, -0.1) is 0 Å². The fourth-order valence-electron chi connectivity index (χ4n) is 0.728. The first-order valence-corrected chi connectivity index (χ1v) is 4.60. The largest absolute Gasteiger partial charge is 0.478 e. The van der Waals surface area contributed by atoms with E-state index in [2.05, 4.69) is 31.9 Å². The average Bonchev–Trinajstić information content (AvgIpc) is 2.07. The van der Waals surface area contributed by atoms with Gasteiger partial charge in [0.1, 0.15) is 5.82 Å². The fourth-order valence-corrected chi connectivity index (χ4v) is 1.42. The van der Waals surface area contributed by atoms with Crippen molar-refractivity contribution < 1.29 is 18.7 Å². The molecular weight excluding hydrogens is 314 g/mol. The highest BCUT2D eigenvalue weighted by Crippen LogP contribution is 2.30. The van der Waals surface area contributed by atoms with Crippen LogP contribution in [0.4, 0.5) is 8.78 Å². The van der Waals surface area contributed by atoms with E-state index in [1.165, 1.54) is 0 Å². The smallest absolute Gasteiger partial charge is 0.338 e. The second-order valence-corrected chi connectivity index (χ2v) is 3.74. The summed E-state index contributed by atoms with van der Waals surface area (Å²) in [5, 5.41) is 8.46. The SMILES string of the molecule is O=C(O)c1cc(F)c(Br)c(Br)c1F. The van der Waals surface area contributed by atoms with Crippen LogP contribution in [0.5, 0.6) is 0 Å². The van der Waals surface area contributed by atoms with E-state index in [1.807, 2.05) is 0 Å². The Balaban J connectivity index is 3.50. The normalized spacial score (nSPS) is 10.2. The van der Waals surface area contributed by atoms with E-state index in [9.17, 15) is 13.6 Å². The number of carboxylic acids is 1. The maximum Gasteiger partial charge on any atom is 0.338 e. The Morgan fingerprint density at radius 1 is 1.31 bits per heavy atom. The zero-order valence-electron chi connectivity index (χ0n) is 5.94. The van der Waals surface area contributed by atoms with Crippen LogP contribution in [0.3, 0.4) is 0 Å². The van der Waals surface area contributed by atoms with Gasteiger partial charge in [0, 0.05) is 0 Å². The van der Waals surface area contributed by atoms with E-state index < -0.39 is 23.2 Å². The van der Waals surface area contributed by atoms with Crippen LogP contribution in [-0.2, 0) is 0 Å². The number of benzene rings is 1. The first kappa shape index (κ1) is 10.6. The van der Waals surface area contributed by atoms with E-state index in [1.54, 1.807) is 0 Å². The van der Waals surface area contributed by atoms with Crippen molar-refractivity contribution in [3.05, 3.63) is 32.2 Å². The monoisotopic (exact) mass is 314 g/mol. The molecule has 0 fully saturated rings. The number of carboxylic acid groups (broad SMARTS) is 1. The second kappa shape index (κ2) is 3.71. The third kappa shape index (κ3) is 1.88. The molecule has 0 saturated heterocycles. The molecular formula is C7H2Br2F2O2. The van der Waals surface area contributed by atoms with Crippen LogP contribution in [0, 0.1) is 11.6 Å². The van der Waals surface area contributed by atoms with Crippen LogP contribution in [-0.4, -0.2) is 11.1 Å². The molecule has 0 spiro atoms. The maximum absolute atomic E-state index is 13.1. The number of hydrogen-bond donors (Lipinski definition) is 1. The molecule has 0 saturated carbocycles. The Bertz CT molecular complexity index is 379. The van der Waals surface area contributed by atoms with Crippen molar-refractivity contribution in [3.8, 4) is 0 Å². The van der Waals surface area contributed by atoms with Gasteiger partial charge in [-0.3, -0.25) is 0 Å². The zero-order chi connectivity index (χ0) is 10.2. The van der Waals surface area contributed by atoms with E-state index in [0.717, 1.165) is 0 Å². The molecule has 0 radical (unpaired) electrons. The van der Waals surface area contributed by atoms with Crippen molar-refractivity contribution in [1.82, 2.24) is 0 Å². The summed E-state index contributed by atoms with van der Waals surface area (Å²) in [5.74, 6) is -3.34. The van der Waals surface area contributed by atoms with Crippen molar-refractivity contribution in [3.63, 3.8) is 0 Å². The van der Waals surface area contributed by atoms with Gasteiger partial charge in [0.25, 0.3) is 0 Å². The summed E-state index contributed by atoms with van der Waals surface area (Å²) in [6.45, 7) is 0. The fraction of sp³-hybridized carbons (Fsp3) is 0. The number of carbonyl (C=O) groups is 1. The van der Waals surface area contributed by atoms with Gasteiger partial charge in [-0.1, -0.05) is 0 Å². The van der Waals surface area contributed by atoms with Crippen LogP contribution in [0.25, 0.3) is 0 Å². The predicted octanol–water partition coefficient (Wildman–Crippen LogP) is 3.19. The Labute approximate surface area is 88.8 Å². The van der Waals surface area contributed by atoms with Crippen LogP contribution >= 0.6 is 31.9 Å². The molecule has 1 aromatic rings. The third-order valence-corrected chi connectivity index (χ3v) is 3.38. The number of aromatic carboxylic acids is 1. The summed E-state index contributed by atoms with van der Waals surface area (Å²) in [5.41, 5.74) is -0.701. The molecule has 0 heterocycles. The molecule has 1 N–H and O–H groups in total. The lowest BCUT2D eigenvalue weighted by atomic mass is 10.2. The Morgan fingerprint density at radius 3 is 2.31 bits per heavy atom. The molecule has 0 unspecified atom stereocenters. The summed E-state index contributed by atoms with van der Waals surface area (Å²) in [7, 11) is 0. The van der Waals surface area contributed by atoms with Gasteiger partial charge in [-0.05, 0) is 37.9 Å². The van der Waals surface area contributed by atoms with E-state index >= 15 is 0 Å². The highest BCUT2D eigenvalue weighted by molar-refractivity contribution is 9.13. The molecule has 0 aliphatic carbocycles. The molecule has 70 valence electrons. The molecule has 0 atom stereocenters. The van der Waals surface area contributed by atoms with Crippen molar-refractivity contribution in [2.45, 2.75) is 0 Å². The minimum atomic E-state index is -1.51. The summed E-state index contributed by atoms with van der Waals surface area (Å²) in [6, 6.07) is 0.618. The molecule has 0 bridgehead atoms. The van der Waals surface area contributed by atoms with Crippen molar-refractivity contribution in [1.29, 1.82) is 0 Å². The number of hydrogen-bond acceptors (Lipinski definition) is 1. The van der Waals surface area contributed by atoms with Gasteiger partial charge in [0.15, 0.2) is 5.82 Å². The highest BCUT2D eigenvalue weighted by Gasteiger charge is 2.18. The Morgan fingerprint density at radius 2 is 1.85 bits per heavy atom. The molecule has 1 rings (SSSR count). The van der Waals surface area contributed by atoms with Gasteiger partial charge in [0.2, 0.25) is 0 Å². The Kier molecular flexibility index (Phi) is 3.02. The lowest BCUT2D eigenvalue weighted by molar-refractivity contribution is 0.0691. The van der Waals surface area contributed by atoms with Gasteiger partial charge in [-0.25, -0.2) is 13.6 Å². The minimum Gasteiger partial charge on any atom is -0.478 e. The molecule has 0 aliphatic rings. The van der Waals surface area contributed by atoms with Crippen LogP contribution < -0.4 is 0 Å². The standard InChI is InChI=1S/C7H2Br2F2O2/c8-4-3(10)1-2(7(12)13)6(11)5(4)9/h1H,(H,12,13). The summed E-state index contributed by atoms with van der Waals surface area (Å²) in [4.78, 5) is 10.4. The number of halogens is 4. The molecule has 13 heavy (non-hydrogen) atoms. The lowest BCUT2D eigenvalue weighted by Gasteiger charge is -2.03. The summed E-state index contributed by atoms with van der Waals surface area (Å²) < 4.78 is 25.6. The average molecular weight is 316 g/mol. The van der Waals surface area contributed by atoms with Gasteiger partial charge in [0.05, 0.1) is 14.5 Å². The first-order valence-electron chi connectivity index (χ1n) is 3.01. The van der Waals surface area contributed by atoms with Crippen molar-refractivity contribution in [2.24, 2.45) is 0 Å². The maximum atomic E-state index is 13.1. The van der Waals surface area contributed by atoms with Gasteiger partial charge < -0.3 is 5.11 Å². The third-order valence-electron chi connectivity index (χ3n) is 1.33. The van der Waals surface area contributed by atoms with Crippen molar-refractivity contribution in [2.75, 3.05) is 0 Å². The minimum absolute atomic E-state index is 0.130. The van der Waals surface area contributed by atoms with E-state index in [4.69, 9.17) is 5.11 Å². The molecule has 2 nitrogen and oxygen atoms in total. The molecule has 6 heteroatoms.